The van der Waals surface area contributed by atoms with Crippen molar-refractivity contribution in [3.8, 4) is 0 Å². The zero-order valence-corrected chi connectivity index (χ0v) is 8.62. The molecule has 0 fully saturated rings. The molecule has 0 radical (unpaired) electrons. The van der Waals surface area contributed by atoms with Gasteiger partial charge in [0.15, 0.2) is 0 Å². The normalized spacial score (nSPS) is 10.8. The lowest BCUT2D eigenvalue weighted by atomic mass is 10.4. The van der Waals surface area contributed by atoms with E-state index in [0.29, 0.717) is 11.5 Å². The molecule has 0 spiro atoms. The average Bonchev–Trinajstić information content (AvgIpc) is 2.88. The number of amides is 1. The Morgan fingerprint density at radius 3 is 3.12 bits per heavy atom. The van der Waals surface area contributed by atoms with Crippen LogP contribution in [0.4, 0.5) is 0 Å². The van der Waals surface area contributed by atoms with E-state index >= 15 is 0 Å². The van der Waals surface area contributed by atoms with E-state index in [4.69, 9.17) is 4.42 Å². The summed E-state index contributed by atoms with van der Waals surface area (Å²) < 4.78 is 6.48. The van der Waals surface area contributed by atoms with E-state index in [-0.39, 0.29) is 5.91 Å². The SMILES string of the molecule is Cn1nccc1C(=O)NN=Cc1ccco1. The zero-order chi connectivity index (χ0) is 11.4. The second-order valence-electron chi connectivity index (χ2n) is 3.05. The molecule has 2 aromatic rings. The number of carbonyl (C=O) groups is 1. The first kappa shape index (κ1) is 10.2. The Morgan fingerprint density at radius 1 is 1.62 bits per heavy atom. The van der Waals surface area contributed by atoms with Crippen LogP contribution in [-0.4, -0.2) is 21.9 Å². The summed E-state index contributed by atoms with van der Waals surface area (Å²) in [5, 5.41) is 7.63. The average molecular weight is 218 g/mol. The van der Waals surface area contributed by atoms with Crippen LogP contribution in [0.15, 0.2) is 40.2 Å². The predicted molar refractivity (Wildman–Crippen MR) is 57.0 cm³/mol. The molecule has 2 heterocycles. The van der Waals surface area contributed by atoms with E-state index in [9.17, 15) is 4.79 Å². The van der Waals surface area contributed by atoms with Crippen molar-refractivity contribution < 1.29 is 9.21 Å². The van der Waals surface area contributed by atoms with Gasteiger partial charge in [-0.3, -0.25) is 9.48 Å². The largest absolute Gasteiger partial charge is 0.463 e. The van der Waals surface area contributed by atoms with Gasteiger partial charge in [0.05, 0.1) is 12.5 Å². The molecule has 6 nitrogen and oxygen atoms in total. The third kappa shape index (κ3) is 2.17. The molecule has 0 unspecified atom stereocenters. The van der Waals surface area contributed by atoms with Crippen molar-refractivity contribution in [2.24, 2.45) is 12.1 Å². The summed E-state index contributed by atoms with van der Waals surface area (Å²) in [6.45, 7) is 0. The zero-order valence-electron chi connectivity index (χ0n) is 8.62. The molecule has 0 aliphatic heterocycles. The van der Waals surface area contributed by atoms with Crippen LogP contribution >= 0.6 is 0 Å². The minimum absolute atomic E-state index is 0.317. The van der Waals surface area contributed by atoms with Crippen molar-refractivity contribution in [2.45, 2.75) is 0 Å². The number of rotatable bonds is 3. The van der Waals surface area contributed by atoms with Crippen molar-refractivity contribution in [3.63, 3.8) is 0 Å². The van der Waals surface area contributed by atoms with Gasteiger partial charge in [0.25, 0.3) is 5.91 Å². The lowest BCUT2D eigenvalue weighted by molar-refractivity contribution is 0.0945. The van der Waals surface area contributed by atoms with E-state index in [1.165, 1.54) is 17.2 Å². The van der Waals surface area contributed by atoms with E-state index in [1.807, 2.05) is 0 Å². The first-order chi connectivity index (χ1) is 7.77. The van der Waals surface area contributed by atoms with Gasteiger partial charge in [0.2, 0.25) is 0 Å². The van der Waals surface area contributed by atoms with Gasteiger partial charge in [0, 0.05) is 13.2 Å². The number of aryl methyl sites for hydroxylation is 1. The Hall–Kier alpha value is -2.37. The Labute approximate surface area is 91.6 Å². The van der Waals surface area contributed by atoms with Crippen molar-refractivity contribution in [1.29, 1.82) is 0 Å². The van der Waals surface area contributed by atoms with Crippen LogP contribution in [-0.2, 0) is 7.05 Å². The fraction of sp³-hybridized carbons (Fsp3) is 0.100. The molecular weight excluding hydrogens is 208 g/mol. The summed E-state index contributed by atoms with van der Waals surface area (Å²) >= 11 is 0. The lowest BCUT2D eigenvalue weighted by Crippen LogP contribution is -2.20. The standard InChI is InChI=1S/C10H10N4O2/c1-14-9(4-5-12-14)10(15)13-11-7-8-3-2-6-16-8/h2-7H,1H3,(H,13,15). The molecule has 0 saturated heterocycles. The molecule has 0 atom stereocenters. The third-order valence-electron chi connectivity index (χ3n) is 1.95. The number of aromatic nitrogens is 2. The van der Waals surface area contributed by atoms with E-state index < -0.39 is 0 Å². The van der Waals surface area contributed by atoms with Crippen molar-refractivity contribution in [3.05, 3.63) is 42.1 Å². The van der Waals surface area contributed by atoms with Crippen LogP contribution in [0.5, 0.6) is 0 Å². The monoisotopic (exact) mass is 218 g/mol. The van der Waals surface area contributed by atoms with Gasteiger partial charge in [-0.1, -0.05) is 0 Å². The Morgan fingerprint density at radius 2 is 2.50 bits per heavy atom. The van der Waals surface area contributed by atoms with Crippen LogP contribution in [0.25, 0.3) is 0 Å². The van der Waals surface area contributed by atoms with Crippen molar-refractivity contribution >= 4 is 12.1 Å². The molecule has 1 amide bonds. The number of hydrogen-bond donors (Lipinski definition) is 1. The van der Waals surface area contributed by atoms with Gasteiger partial charge in [0.1, 0.15) is 11.5 Å². The summed E-state index contributed by atoms with van der Waals surface area (Å²) in [6.07, 6.45) is 4.50. The highest BCUT2D eigenvalue weighted by Gasteiger charge is 2.07. The Balaban J connectivity index is 1.97. The topological polar surface area (TPSA) is 72.4 Å². The number of hydrazone groups is 1. The highest BCUT2D eigenvalue weighted by molar-refractivity contribution is 5.93. The number of carbonyl (C=O) groups excluding carboxylic acids is 1. The van der Waals surface area contributed by atoms with E-state index in [0.717, 1.165) is 0 Å². The van der Waals surface area contributed by atoms with Gasteiger partial charge in [-0.2, -0.15) is 10.2 Å². The van der Waals surface area contributed by atoms with Gasteiger partial charge < -0.3 is 4.42 Å². The smallest absolute Gasteiger partial charge is 0.289 e. The minimum Gasteiger partial charge on any atom is -0.463 e. The molecule has 82 valence electrons. The molecule has 6 heteroatoms. The lowest BCUT2D eigenvalue weighted by Gasteiger charge is -1.98. The first-order valence-corrected chi connectivity index (χ1v) is 4.62. The molecule has 0 bridgehead atoms. The quantitative estimate of drug-likeness (QED) is 0.611. The van der Waals surface area contributed by atoms with Crippen molar-refractivity contribution in [2.75, 3.05) is 0 Å². The van der Waals surface area contributed by atoms with Crippen LogP contribution < -0.4 is 5.43 Å². The summed E-state index contributed by atoms with van der Waals surface area (Å²) in [7, 11) is 1.69. The molecule has 2 aromatic heterocycles. The van der Waals surface area contributed by atoms with Gasteiger partial charge >= 0.3 is 0 Å². The summed E-state index contributed by atoms with van der Waals surface area (Å²) in [5.74, 6) is 0.258. The maximum atomic E-state index is 11.5. The number of nitrogens with one attached hydrogen (secondary N) is 1. The molecule has 2 rings (SSSR count). The van der Waals surface area contributed by atoms with Crippen LogP contribution in [0.3, 0.4) is 0 Å². The van der Waals surface area contributed by atoms with Gasteiger partial charge in [-0.15, -0.1) is 0 Å². The fourth-order valence-electron chi connectivity index (χ4n) is 1.17. The Kier molecular flexibility index (Phi) is 2.81. The van der Waals surface area contributed by atoms with Crippen LogP contribution in [0.2, 0.25) is 0 Å². The maximum Gasteiger partial charge on any atom is 0.289 e. The highest BCUT2D eigenvalue weighted by atomic mass is 16.3. The van der Waals surface area contributed by atoms with Crippen LogP contribution in [0.1, 0.15) is 16.2 Å². The molecule has 16 heavy (non-hydrogen) atoms. The van der Waals surface area contributed by atoms with Gasteiger partial charge in [-0.25, -0.2) is 5.43 Å². The summed E-state index contributed by atoms with van der Waals surface area (Å²) in [4.78, 5) is 11.5. The van der Waals surface area contributed by atoms with Gasteiger partial charge in [-0.05, 0) is 18.2 Å². The number of hydrogen-bond acceptors (Lipinski definition) is 4. The first-order valence-electron chi connectivity index (χ1n) is 4.62. The molecule has 0 aromatic carbocycles. The second-order valence-corrected chi connectivity index (χ2v) is 3.05. The number of nitrogens with zero attached hydrogens (tertiary/aromatic N) is 3. The maximum absolute atomic E-state index is 11.5. The van der Waals surface area contributed by atoms with E-state index in [1.54, 1.807) is 31.4 Å². The molecule has 0 saturated carbocycles. The van der Waals surface area contributed by atoms with E-state index in [2.05, 4.69) is 15.6 Å². The third-order valence-corrected chi connectivity index (χ3v) is 1.95. The molecule has 1 N–H and O–H groups in total. The molecular formula is C10H10N4O2. The second kappa shape index (κ2) is 4.43. The van der Waals surface area contributed by atoms with Crippen molar-refractivity contribution in [1.82, 2.24) is 15.2 Å². The fourth-order valence-corrected chi connectivity index (χ4v) is 1.17. The minimum atomic E-state index is -0.317. The molecule has 0 aliphatic rings. The highest BCUT2D eigenvalue weighted by Crippen LogP contribution is 1.96. The summed E-state index contributed by atoms with van der Waals surface area (Å²) in [5.41, 5.74) is 2.82. The predicted octanol–water partition coefficient (Wildman–Crippen LogP) is 0.777. The molecule has 0 aliphatic carbocycles. The van der Waals surface area contributed by atoms with Crippen LogP contribution in [0, 0.1) is 0 Å². The summed E-state index contributed by atoms with van der Waals surface area (Å²) in [6, 6.07) is 5.09. The Bertz CT molecular complexity index is 499. The number of furan rings is 1.